The molecule has 1 aromatic carbocycles. The van der Waals surface area contributed by atoms with Crippen LogP contribution in [-0.4, -0.2) is 26.4 Å². The van der Waals surface area contributed by atoms with Crippen LogP contribution in [0.15, 0.2) is 24.3 Å². The third-order valence-electron chi connectivity index (χ3n) is 4.44. The fourth-order valence-electron chi connectivity index (χ4n) is 2.84. The number of rotatable bonds is 3. The summed E-state index contributed by atoms with van der Waals surface area (Å²) >= 11 is 0. The highest BCUT2D eigenvalue weighted by Gasteiger charge is 2.61. The molecule has 3 nitrogen and oxygen atoms in total. The molecule has 3 heteroatoms. The van der Waals surface area contributed by atoms with Crippen molar-refractivity contribution >= 4 is 0 Å². The summed E-state index contributed by atoms with van der Waals surface area (Å²) in [5, 5.41) is 9.51. The Labute approximate surface area is 107 Å². The van der Waals surface area contributed by atoms with Crippen LogP contribution in [0.25, 0.3) is 0 Å². The lowest BCUT2D eigenvalue weighted by Crippen LogP contribution is -2.66. The van der Waals surface area contributed by atoms with Crippen LogP contribution in [0, 0.1) is 16.7 Å². The molecule has 2 aliphatic rings. The van der Waals surface area contributed by atoms with E-state index in [0.29, 0.717) is 26.4 Å². The summed E-state index contributed by atoms with van der Waals surface area (Å²) in [6.07, 6.45) is 1.04. The van der Waals surface area contributed by atoms with Crippen molar-refractivity contribution in [2.24, 2.45) is 5.41 Å². The van der Waals surface area contributed by atoms with Gasteiger partial charge in [0.15, 0.2) is 0 Å². The molecule has 1 aromatic rings. The highest BCUT2D eigenvalue weighted by atomic mass is 16.5. The second-order valence-electron chi connectivity index (χ2n) is 5.31. The van der Waals surface area contributed by atoms with Crippen LogP contribution in [0.5, 0.6) is 0 Å². The first-order valence-corrected chi connectivity index (χ1v) is 6.42. The lowest BCUT2D eigenvalue weighted by molar-refractivity contribution is -0.201. The molecule has 0 atom stereocenters. The zero-order valence-electron chi connectivity index (χ0n) is 10.6. The maximum Gasteiger partial charge on any atom is 0.118 e. The Kier molecular flexibility index (Phi) is 2.65. The van der Waals surface area contributed by atoms with Crippen molar-refractivity contribution in [3.8, 4) is 6.07 Å². The molecule has 2 heterocycles. The molecule has 0 saturated carbocycles. The molecule has 2 fully saturated rings. The molecule has 2 aliphatic heterocycles. The molecule has 0 aliphatic carbocycles. The van der Waals surface area contributed by atoms with E-state index < -0.39 is 0 Å². The summed E-state index contributed by atoms with van der Waals surface area (Å²) in [4.78, 5) is 0. The molecule has 0 N–H and O–H groups in total. The lowest BCUT2D eigenvalue weighted by Gasteiger charge is -2.55. The van der Waals surface area contributed by atoms with Crippen LogP contribution < -0.4 is 0 Å². The summed E-state index contributed by atoms with van der Waals surface area (Å²) in [6, 6.07) is 11.1. The minimum absolute atomic E-state index is 0.160. The number of hydrogen-bond donors (Lipinski definition) is 0. The van der Waals surface area contributed by atoms with Crippen molar-refractivity contribution in [2.75, 3.05) is 26.4 Å². The summed E-state index contributed by atoms with van der Waals surface area (Å²) in [7, 11) is 0. The Morgan fingerprint density at radius 1 is 1.11 bits per heavy atom. The number of nitrogens with zero attached hydrogens (tertiary/aromatic N) is 1. The zero-order valence-corrected chi connectivity index (χ0v) is 10.6. The Hall–Kier alpha value is -1.37. The van der Waals surface area contributed by atoms with Gasteiger partial charge in [-0.3, -0.25) is 0 Å². The van der Waals surface area contributed by atoms with Crippen molar-refractivity contribution < 1.29 is 9.47 Å². The molecular formula is C15H17NO2. The standard InChI is InChI=1S/C15H17NO2/c1-2-12-3-5-13(6-4-12)15(10-18-11-15)14(7-16)8-17-9-14/h3-6H,2,8-11H2,1H3. The average molecular weight is 243 g/mol. The Morgan fingerprint density at radius 2 is 1.72 bits per heavy atom. The van der Waals surface area contributed by atoms with E-state index in [1.165, 1.54) is 11.1 Å². The number of benzene rings is 1. The van der Waals surface area contributed by atoms with Gasteiger partial charge in [-0.1, -0.05) is 31.2 Å². The van der Waals surface area contributed by atoms with Crippen molar-refractivity contribution in [1.82, 2.24) is 0 Å². The van der Waals surface area contributed by atoms with Gasteiger partial charge in [0.25, 0.3) is 0 Å². The van der Waals surface area contributed by atoms with Gasteiger partial charge in [0.05, 0.1) is 37.9 Å². The molecule has 94 valence electrons. The third-order valence-corrected chi connectivity index (χ3v) is 4.44. The summed E-state index contributed by atoms with van der Waals surface area (Å²) < 4.78 is 10.7. The highest BCUT2D eigenvalue weighted by molar-refractivity contribution is 5.38. The van der Waals surface area contributed by atoms with E-state index in [1.807, 2.05) is 0 Å². The van der Waals surface area contributed by atoms with Gasteiger partial charge < -0.3 is 9.47 Å². The number of ether oxygens (including phenoxy) is 2. The number of aryl methyl sites for hydroxylation is 1. The van der Waals surface area contributed by atoms with E-state index in [9.17, 15) is 5.26 Å². The SMILES string of the molecule is CCc1ccc(C2(C3(C#N)COC3)COC2)cc1. The second-order valence-corrected chi connectivity index (χ2v) is 5.31. The molecule has 0 spiro atoms. The third kappa shape index (κ3) is 1.36. The first-order valence-electron chi connectivity index (χ1n) is 6.42. The predicted molar refractivity (Wildman–Crippen MR) is 67.2 cm³/mol. The molecule has 0 unspecified atom stereocenters. The molecule has 0 aromatic heterocycles. The predicted octanol–water partition coefficient (Wildman–Crippen LogP) is 2.06. The number of hydrogen-bond acceptors (Lipinski definition) is 3. The van der Waals surface area contributed by atoms with E-state index in [-0.39, 0.29) is 10.8 Å². The first kappa shape index (κ1) is 11.7. The van der Waals surface area contributed by atoms with Gasteiger partial charge in [0.2, 0.25) is 0 Å². The van der Waals surface area contributed by atoms with Gasteiger partial charge >= 0.3 is 0 Å². The van der Waals surface area contributed by atoms with Gasteiger partial charge in [-0.25, -0.2) is 0 Å². The molecule has 2 saturated heterocycles. The Balaban J connectivity index is 1.98. The van der Waals surface area contributed by atoms with Crippen molar-refractivity contribution in [2.45, 2.75) is 18.8 Å². The Morgan fingerprint density at radius 3 is 2.06 bits per heavy atom. The van der Waals surface area contributed by atoms with Crippen LogP contribution in [0.1, 0.15) is 18.1 Å². The van der Waals surface area contributed by atoms with Crippen LogP contribution in [0.2, 0.25) is 0 Å². The smallest absolute Gasteiger partial charge is 0.118 e. The maximum atomic E-state index is 9.51. The summed E-state index contributed by atoms with van der Waals surface area (Å²) in [6.45, 7) is 4.48. The molecular weight excluding hydrogens is 226 g/mol. The minimum atomic E-state index is -0.390. The van der Waals surface area contributed by atoms with Crippen molar-refractivity contribution in [3.05, 3.63) is 35.4 Å². The molecule has 0 radical (unpaired) electrons. The van der Waals surface area contributed by atoms with E-state index in [0.717, 1.165) is 6.42 Å². The van der Waals surface area contributed by atoms with Gasteiger partial charge in [0, 0.05) is 0 Å². The van der Waals surface area contributed by atoms with Crippen LogP contribution >= 0.6 is 0 Å². The van der Waals surface area contributed by atoms with E-state index >= 15 is 0 Å². The summed E-state index contributed by atoms with van der Waals surface area (Å²) in [5.74, 6) is 0. The molecule has 18 heavy (non-hydrogen) atoms. The van der Waals surface area contributed by atoms with E-state index in [1.54, 1.807) is 0 Å². The van der Waals surface area contributed by atoms with Gasteiger partial charge in [0.1, 0.15) is 5.41 Å². The topological polar surface area (TPSA) is 42.2 Å². The fraction of sp³-hybridized carbons (Fsp3) is 0.533. The average Bonchev–Trinajstić information content (AvgIpc) is 2.31. The van der Waals surface area contributed by atoms with Crippen LogP contribution in [-0.2, 0) is 21.3 Å². The fourth-order valence-corrected chi connectivity index (χ4v) is 2.84. The highest BCUT2D eigenvalue weighted by Crippen LogP contribution is 2.51. The second kappa shape index (κ2) is 4.08. The Bertz CT molecular complexity index is 478. The summed E-state index contributed by atoms with van der Waals surface area (Å²) in [5.41, 5.74) is 1.99. The lowest BCUT2D eigenvalue weighted by atomic mass is 9.58. The maximum absolute atomic E-state index is 9.51. The number of nitriles is 1. The van der Waals surface area contributed by atoms with Crippen LogP contribution in [0.3, 0.4) is 0 Å². The molecule has 3 rings (SSSR count). The van der Waals surface area contributed by atoms with Crippen molar-refractivity contribution in [3.63, 3.8) is 0 Å². The van der Waals surface area contributed by atoms with Gasteiger partial charge in [-0.05, 0) is 17.5 Å². The van der Waals surface area contributed by atoms with E-state index in [4.69, 9.17) is 9.47 Å². The first-order chi connectivity index (χ1) is 8.76. The normalized spacial score (nSPS) is 23.6. The molecule has 0 amide bonds. The van der Waals surface area contributed by atoms with Crippen LogP contribution in [0.4, 0.5) is 0 Å². The monoisotopic (exact) mass is 243 g/mol. The minimum Gasteiger partial charge on any atom is -0.379 e. The quantitative estimate of drug-likeness (QED) is 0.816. The zero-order chi connectivity index (χ0) is 12.6. The van der Waals surface area contributed by atoms with E-state index in [2.05, 4.69) is 37.3 Å². The van der Waals surface area contributed by atoms with Crippen molar-refractivity contribution in [1.29, 1.82) is 5.26 Å². The largest absolute Gasteiger partial charge is 0.379 e. The van der Waals surface area contributed by atoms with Gasteiger partial charge in [-0.15, -0.1) is 0 Å². The van der Waals surface area contributed by atoms with Gasteiger partial charge in [-0.2, -0.15) is 5.26 Å². The molecule has 0 bridgehead atoms.